The Morgan fingerprint density at radius 1 is 1.19 bits per heavy atom. The van der Waals surface area contributed by atoms with Crippen LogP contribution in [-0.2, 0) is 4.74 Å². The van der Waals surface area contributed by atoms with Gasteiger partial charge in [0.1, 0.15) is 11.5 Å². The summed E-state index contributed by atoms with van der Waals surface area (Å²) in [4.78, 5) is 16.4. The van der Waals surface area contributed by atoms with Gasteiger partial charge in [0.2, 0.25) is 0 Å². The quantitative estimate of drug-likeness (QED) is 0.785. The molecule has 3 nitrogen and oxygen atoms in total. The molecule has 0 radical (unpaired) electrons. The highest BCUT2D eigenvalue weighted by Crippen LogP contribution is 2.24. The Labute approximate surface area is 121 Å². The van der Waals surface area contributed by atoms with Crippen LogP contribution in [0.3, 0.4) is 0 Å². The highest BCUT2D eigenvalue weighted by atomic mass is 19.1. The molecule has 1 aliphatic rings. The van der Waals surface area contributed by atoms with E-state index in [1.807, 2.05) is 24.3 Å². The first-order valence-electron chi connectivity index (χ1n) is 6.54. The number of carbonyl (C=O) groups excluding carboxylic acids is 1. The predicted octanol–water partition coefficient (Wildman–Crippen LogP) is 3.84. The van der Waals surface area contributed by atoms with E-state index < -0.39 is 11.8 Å². The van der Waals surface area contributed by atoms with Crippen molar-refractivity contribution in [2.45, 2.75) is 6.42 Å². The molecule has 3 rings (SSSR count). The molecule has 0 aliphatic heterocycles. The molecule has 0 bridgehead atoms. The summed E-state index contributed by atoms with van der Waals surface area (Å²) in [7, 11) is 0. The van der Waals surface area contributed by atoms with E-state index in [1.54, 1.807) is 12.3 Å². The summed E-state index contributed by atoms with van der Waals surface area (Å²) in [5.74, 6) is -0.499. The zero-order valence-electron chi connectivity index (χ0n) is 11.1. The Morgan fingerprint density at radius 3 is 2.81 bits per heavy atom. The molecule has 1 aromatic carbocycles. The number of ether oxygens (including phenoxy) is 1. The highest BCUT2D eigenvalue weighted by Gasteiger charge is 2.16. The summed E-state index contributed by atoms with van der Waals surface area (Å²) in [5.41, 5.74) is 1.82. The largest absolute Gasteiger partial charge is 0.421 e. The lowest BCUT2D eigenvalue weighted by molar-refractivity contribution is 0.0691. The fourth-order valence-corrected chi connectivity index (χ4v) is 2.06. The smallest absolute Gasteiger partial charge is 0.343 e. The van der Waals surface area contributed by atoms with Crippen molar-refractivity contribution in [3.8, 4) is 0 Å². The van der Waals surface area contributed by atoms with Gasteiger partial charge in [0.15, 0.2) is 5.76 Å². The Morgan fingerprint density at radius 2 is 2.00 bits per heavy atom. The first kappa shape index (κ1) is 13.2. The molecule has 21 heavy (non-hydrogen) atoms. The molecule has 0 unspecified atom stereocenters. The van der Waals surface area contributed by atoms with Gasteiger partial charge < -0.3 is 4.74 Å². The van der Waals surface area contributed by atoms with Crippen molar-refractivity contribution < 1.29 is 13.9 Å². The number of nitrogens with zero attached hydrogens (tertiary/aromatic N) is 1. The number of benzene rings is 1. The third-order valence-electron chi connectivity index (χ3n) is 3.09. The van der Waals surface area contributed by atoms with Crippen molar-refractivity contribution in [3.05, 3.63) is 77.4 Å². The summed E-state index contributed by atoms with van der Waals surface area (Å²) in [6.07, 6.45) is 8.02. The Kier molecular flexibility index (Phi) is 3.60. The molecule has 0 atom stereocenters. The van der Waals surface area contributed by atoms with E-state index in [0.29, 0.717) is 23.4 Å². The second-order valence-corrected chi connectivity index (χ2v) is 4.54. The predicted molar refractivity (Wildman–Crippen MR) is 77.7 cm³/mol. The Hall–Kier alpha value is -2.75. The topological polar surface area (TPSA) is 39.2 Å². The van der Waals surface area contributed by atoms with Gasteiger partial charge in [0, 0.05) is 11.8 Å². The van der Waals surface area contributed by atoms with Gasteiger partial charge in [-0.2, -0.15) is 0 Å². The first-order chi connectivity index (χ1) is 10.2. The average Bonchev–Trinajstić information content (AvgIpc) is 2.71. The van der Waals surface area contributed by atoms with Crippen molar-refractivity contribution >= 4 is 17.8 Å². The van der Waals surface area contributed by atoms with Crippen LogP contribution in [-0.4, -0.2) is 11.0 Å². The minimum atomic E-state index is -0.528. The first-order valence-corrected chi connectivity index (χ1v) is 6.54. The molecule has 1 aromatic heterocycles. The number of hydrogen-bond acceptors (Lipinski definition) is 3. The van der Waals surface area contributed by atoms with E-state index in [2.05, 4.69) is 4.98 Å². The van der Waals surface area contributed by atoms with E-state index in [0.717, 1.165) is 5.56 Å². The van der Waals surface area contributed by atoms with Gasteiger partial charge in [-0.1, -0.05) is 18.2 Å². The van der Waals surface area contributed by atoms with Crippen molar-refractivity contribution in [1.82, 2.24) is 4.98 Å². The van der Waals surface area contributed by atoms with E-state index in [9.17, 15) is 9.18 Å². The summed E-state index contributed by atoms with van der Waals surface area (Å²) >= 11 is 0. The van der Waals surface area contributed by atoms with Crippen LogP contribution >= 0.6 is 0 Å². The summed E-state index contributed by atoms with van der Waals surface area (Å²) in [6.45, 7) is 0. The van der Waals surface area contributed by atoms with Gasteiger partial charge in [-0.25, -0.2) is 9.18 Å². The molecule has 0 amide bonds. The van der Waals surface area contributed by atoms with Gasteiger partial charge in [-0.3, -0.25) is 4.98 Å². The zero-order valence-corrected chi connectivity index (χ0v) is 11.1. The number of fused-ring (bicyclic) bond motifs is 1. The molecular formula is C17H12FNO2. The van der Waals surface area contributed by atoms with E-state index in [-0.39, 0.29) is 0 Å². The summed E-state index contributed by atoms with van der Waals surface area (Å²) in [6, 6.07) is 8.98. The second kappa shape index (κ2) is 5.71. The Bertz CT molecular complexity index is 733. The summed E-state index contributed by atoms with van der Waals surface area (Å²) in [5, 5.41) is 0. The number of rotatable bonds is 2. The van der Waals surface area contributed by atoms with Crippen LogP contribution in [0.2, 0.25) is 0 Å². The maximum atomic E-state index is 12.9. The maximum absolute atomic E-state index is 12.9. The third-order valence-corrected chi connectivity index (χ3v) is 3.09. The Balaban J connectivity index is 1.87. The lowest BCUT2D eigenvalue weighted by Crippen LogP contribution is -2.06. The standard InChI is InChI=1S/C17H12FNO2/c18-14-9-7-13(8-10-14)17(20)21-15-6-2-1-4-12-5-3-11-19-16(12)15/h1,3-11H,2H2. The molecule has 2 aromatic rings. The van der Waals surface area contributed by atoms with Crippen LogP contribution in [0.5, 0.6) is 0 Å². The van der Waals surface area contributed by atoms with E-state index >= 15 is 0 Å². The number of esters is 1. The van der Waals surface area contributed by atoms with Crippen molar-refractivity contribution in [2.24, 2.45) is 0 Å². The van der Waals surface area contributed by atoms with Crippen LogP contribution in [0.4, 0.5) is 4.39 Å². The lowest BCUT2D eigenvalue weighted by atomic mass is 10.1. The van der Waals surface area contributed by atoms with Crippen LogP contribution < -0.4 is 0 Å². The van der Waals surface area contributed by atoms with Gasteiger partial charge in [0.25, 0.3) is 0 Å². The summed E-state index contributed by atoms with van der Waals surface area (Å²) < 4.78 is 18.3. The highest BCUT2D eigenvalue weighted by molar-refractivity contribution is 5.93. The van der Waals surface area contributed by atoms with Crippen LogP contribution in [0.25, 0.3) is 11.8 Å². The fraction of sp³-hybridized carbons (Fsp3) is 0.0588. The number of hydrogen-bond donors (Lipinski definition) is 0. The van der Waals surface area contributed by atoms with Gasteiger partial charge in [-0.05, 0) is 42.8 Å². The molecule has 0 saturated heterocycles. The normalized spacial score (nSPS) is 13.1. The molecule has 0 N–H and O–H groups in total. The number of allylic oxidation sites excluding steroid dienone is 2. The maximum Gasteiger partial charge on any atom is 0.343 e. The molecule has 0 fully saturated rings. The van der Waals surface area contributed by atoms with Gasteiger partial charge >= 0.3 is 5.97 Å². The minimum absolute atomic E-state index is 0.298. The van der Waals surface area contributed by atoms with Crippen LogP contribution in [0.1, 0.15) is 28.0 Å². The van der Waals surface area contributed by atoms with Crippen LogP contribution in [0.15, 0.2) is 54.7 Å². The van der Waals surface area contributed by atoms with E-state index in [4.69, 9.17) is 4.74 Å². The average molecular weight is 281 g/mol. The zero-order chi connectivity index (χ0) is 14.7. The van der Waals surface area contributed by atoms with Crippen LogP contribution in [0, 0.1) is 5.82 Å². The molecule has 0 spiro atoms. The lowest BCUT2D eigenvalue weighted by Gasteiger charge is -2.09. The monoisotopic (exact) mass is 281 g/mol. The van der Waals surface area contributed by atoms with Crippen molar-refractivity contribution in [2.75, 3.05) is 0 Å². The van der Waals surface area contributed by atoms with Gasteiger partial charge in [0.05, 0.1) is 5.56 Å². The number of carbonyl (C=O) groups is 1. The van der Waals surface area contributed by atoms with Gasteiger partial charge in [-0.15, -0.1) is 0 Å². The SMILES string of the molecule is O=C(OC1=CCC=Cc2cccnc21)c1ccc(F)cc1. The second-order valence-electron chi connectivity index (χ2n) is 4.54. The van der Waals surface area contributed by atoms with Crippen molar-refractivity contribution in [1.29, 1.82) is 0 Å². The molecule has 4 heteroatoms. The molecule has 1 aliphatic carbocycles. The fourth-order valence-electron chi connectivity index (χ4n) is 2.06. The molecule has 104 valence electrons. The van der Waals surface area contributed by atoms with E-state index in [1.165, 1.54) is 24.3 Å². The number of aromatic nitrogens is 1. The molecule has 0 saturated carbocycles. The van der Waals surface area contributed by atoms with Crippen molar-refractivity contribution in [3.63, 3.8) is 0 Å². The number of pyridine rings is 1. The molecular weight excluding hydrogens is 269 g/mol. The third kappa shape index (κ3) is 2.89. The molecule has 1 heterocycles. The minimum Gasteiger partial charge on any atom is -0.421 e. The number of halogens is 1.